The first kappa shape index (κ1) is 17.6. The number of aromatic nitrogens is 3. The van der Waals surface area contributed by atoms with Crippen molar-refractivity contribution in [2.75, 3.05) is 12.5 Å². The third-order valence-corrected chi connectivity index (χ3v) is 5.61. The summed E-state index contributed by atoms with van der Waals surface area (Å²) in [6.07, 6.45) is 0. The molecule has 0 unspecified atom stereocenters. The van der Waals surface area contributed by atoms with Crippen LogP contribution in [0.4, 0.5) is 0 Å². The Hall–Kier alpha value is -3.51. The van der Waals surface area contributed by atoms with Crippen molar-refractivity contribution < 1.29 is 4.74 Å². The Balaban J connectivity index is 1.43. The molecule has 1 aliphatic heterocycles. The number of ether oxygens (including phenoxy) is 1. The number of nitrogens with one attached hydrogen (secondary N) is 1. The lowest BCUT2D eigenvalue weighted by Gasteiger charge is -2.19. The lowest BCUT2D eigenvalue weighted by molar-refractivity contribution is 0.415. The van der Waals surface area contributed by atoms with E-state index in [0.29, 0.717) is 0 Å². The topological polar surface area (TPSA) is 52.0 Å². The highest BCUT2D eigenvalue weighted by Crippen LogP contribution is 2.32. The van der Waals surface area contributed by atoms with Gasteiger partial charge in [0, 0.05) is 11.0 Å². The largest absolute Gasteiger partial charge is 0.497 e. The van der Waals surface area contributed by atoms with Gasteiger partial charge in [-0.15, -0.1) is 10.2 Å². The van der Waals surface area contributed by atoms with Crippen molar-refractivity contribution in [3.8, 4) is 28.3 Å². The number of nitrogens with zero attached hydrogens (tertiary/aromatic N) is 3. The average Bonchev–Trinajstić information content (AvgIpc) is 3.23. The molecule has 0 aliphatic carbocycles. The minimum absolute atomic E-state index is 0.748. The van der Waals surface area contributed by atoms with Gasteiger partial charge in [0.15, 0.2) is 5.82 Å². The van der Waals surface area contributed by atoms with Gasteiger partial charge in [-0.2, -0.15) is 0 Å². The van der Waals surface area contributed by atoms with Crippen LogP contribution < -0.4 is 10.2 Å². The molecule has 1 aromatic heterocycles. The predicted molar refractivity (Wildman–Crippen MR) is 117 cm³/mol. The maximum absolute atomic E-state index is 5.34. The molecule has 0 spiro atoms. The quantitative estimate of drug-likeness (QED) is 0.508. The second-order valence-electron chi connectivity index (χ2n) is 6.58. The molecule has 4 aromatic rings. The van der Waals surface area contributed by atoms with Gasteiger partial charge in [-0.3, -0.25) is 5.43 Å². The van der Waals surface area contributed by atoms with E-state index in [1.165, 1.54) is 11.1 Å². The summed E-state index contributed by atoms with van der Waals surface area (Å²) in [4.78, 5) is 0. The molecule has 3 aromatic carbocycles. The summed E-state index contributed by atoms with van der Waals surface area (Å²) in [5, 5.41) is 11.5. The van der Waals surface area contributed by atoms with E-state index in [-0.39, 0.29) is 0 Å². The third-order valence-electron chi connectivity index (χ3n) is 4.78. The number of fused-ring (bicyclic) bond motifs is 1. The molecule has 0 atom stereocenters. The van der Waals surface area contributed by atoms with Crippen LogP contribution in [0.1, 0.15) is 5.56 Å². The molecule has 5 rings (SSSR count). The molecule has 0 saturated carbocycles. The van der Waals surface area contributed by atoms with Crippen LogP contribution in [0.5, 0.6) is 5.75 Å². The second kappa shape index (κ2) is 7.48. The number of benzene rings is 3. The maximum atomic E-state index is 5.34. The fraction of sp³-hybridized carbons (Fsp3) is 0.0435. The summed E-state index contributed by atoms with van der Waals surface area (Å²) in [5.74, 6) is 1.54. The van der Waals surface area contributed by atoms with Crippen molar-refractivity contribution in [2.45, 2.75) is 5.16 Å². The molecule has 0 radical (unpaired) electrons. The Kier molecular flexibility index (Phi) is 4.54. The Bertz CT molecular complexity index is 1180. The number of thioether (sulfide) groups is 1. The van der Waals surface area contributed by atoms with Gasteiger partial charge in [-0.05, 0) is 28.8 Å². The van der Waals surface area contributed by atoms with Crippen LogP contribution in [0.2, 0.25) is 0 Å². The van der Waals surface area contributed by atoms with Gasteiger partial charge in [0.2, 0.25) is 5.16 Å². The first-order valence-electron chi connectivity index (χ1n) is 9.21. The summed E-state index contributed by atoms with van der Waals surface area (Å²) in [5.41, 5.74) is 8.90. The van der Waals surface area contributed by atoms with E-state index in [1.807, 2.05) is 35.0 Å². The molecular formula is C23H18N4OS. The van der Waals surface area contributed by atoms with Crippen LogP contribution in [0, 0.1) is 0 Å². The highest BCUT2D eigenvalue weighted by atomic mass is 32.2. The number of hydrogen-bond acceptors (Lipinski definition) is 5. The van der Waals surface area contributed by atoms with E-state index in [1.54, 1.807) is 18.9 Å². The third kappa shape index (κ3) is 3.39. The fourth-order valence-corrected chi connectivity index (χ4v) is 4.00. The minimum atomic E-state index is 0.748. The summed E-state index contributed by atoms with van der Waals surface area (Å²) >= 11 is 1.55. The zero-order valence-electron chi connectivity index (χ0n) is 15.7. The normalized spacial score (nSPS) is 12.7. The molecule has 142 valence electrons. The maximum Gasteiger partial charge on any atom is 0.214 e. The van der Waals surface area contributed by atoms with E-state index < -0.39 is 0 Å². The van der Waals surface area contributed by atoms with Crippen molar-refractivity contribution in [3.63, 3.8) is 0 Å². The first-order valence-corrected chi connectivity index (χ1v) is 10.1. The lowest BCUT2D eigenvalue weighted by Crippen LogP contribution is -2.18. The molecule has 0 fully saturated rings. The smallest absolute Gasteiger partial charge is 0.214 e. The zero-order valence-corrected chi connectivity index (χ0v) is 16.6. The van der Waals surface area contributed by atoms with Gasteiger partial charge in [-0.25, -0.2) is 4.68 Å². The van der Waals surface area contributed by atoms with Crippen molar-refractivity contribution in [3.05, 3.63) is 89.8 Å². The predicted octanol–water partition coefficient (Wildman–Crippen LogP) is 5.27. The van der Waals surface area contributed by atoms with E-state index in [2.05, 4.69) is 69.6 Å². The number of methoxy groups -OCH3 is 1. The van der Waals surface area contributed by atoms with Crippen molar-refractivity contribution in [1.82, 2.24) is 14.9 Å². The minimum Gasteiger partial charge on any atom is -0.497 e. The van der Waals surface area contributed by atoms with Crippen LogP contribution in [0.25, 0.3) is 28.2 Å². The van der Waals surface area contributed by atoms with E-state index in [9.17, 15) is 0 Å². The number of rotatable bonds is 4. The van der Waals surface area contributed by atoms with Crippen molar-refractivity contribution >= 4 is 17.5 Å². The molecule has 0 amide bonds. The summed E-state index contributed by atoms with van der Waals surface area (Å²) in [7, 11) is 1.66. The fourth-order valence-electron chi connectivity index (χ4n) is 3.26. The van der Waals surface area contributed by atoms with Crippen LogP contribution >= 0.6 is 11.8 Å². The molecule has 2 heterocycles. The van der Waals surface area contributed by atoms with E-state index >= 15 is 0 Å². The first-order chi connectivity index (χ1) is 14.3. The molecule has 0 bridgehead atoms. The van der Waals surface area contributed by atoms with Crippen molar-refractivity contribution in [1.29, 1.82) is 0 Å². The summed E-state index contributed by atoms with van der Waals surface area (Å²) in [6.45, 7) is 0. The molecule has 1 N–H and O–H groups in total. The molecule has 5 nitrogen and oxygen atoms in total. The Morgan fingerprint density at radius 3 is 2.31 bits per heavy atom. The molecular weight excluding hydrogens is 380 g/mol. The van der Waals surface area contributed by atoms with E-state index in [4.69, 9.17) is 4.74 Å². The average molecular weight is 398 g/mol. The Morgan fingerprint density at radius 2 is 1.52 bits per heavy atom. The van der Waals surface area contributed by atoms with Gasteiger partial charge in [0.05, 0.1) is 12.8 Å². The Morgan fingerprint density at radius 1 is 0.793 bits per heavy atom. The van der Waals surface area contributed by atoms with Gasteiger partial charge in [0.1, 0.15) is 5.75 Å². The lowest BCUT2D eigenvalue weighted by atomic mass is 10.0. The standard InChI is InChI=1S/C23H18N4OS/c1-28-20-9-5-8-19(14-20)22-24-25-23-27(22)26-21(15-29-23)18-12-10-17(11-13-18)16-6-3-2-4-7-16/h2-15,26H,1H3. The van der Waals surface area contributed by atoms with Gasteiger partial charge >= 0.3 is 0 Å². The zero-order chi connectivity index (χ0) is 19.6. The second-order valence-corrected chi connectivity index (χ2v) is 7.41. The van der Waals surface area contributed by atoms with Crippen LogP contribution in [-0.4, -0.2) is 22.0 Å². The van der Waals surface area contributed by atoms with Gasteiger partial charge in [-0.1, -0.05) is 78.5 Å². The molecule has 0 saturated heterocycles. The van der Waals surface area contributed by atoms with Crippen LogP contribution in [-0.2, 0) is 0 Å². The SMILES string of the molecule is COc1cccc(-c2nnc3n2NC(c2ccc(-c4ccccc4)cc2)=CS3)c1. The monoisotopic (exact) mass is 398 g/mol. The summed E-state index contributed by atoms with van der Waals surface area (Å²) < 4.78 is 7.26. The molecule has 6 heteroatoms. The van der Waals surface area contributed by atoms with Gasteiger partial charge in [0.25, 0.3) is 0 Å². The molecule has 29 heavy (non-hydrogen) atoms. The molecule has 1 aliphatic rings. The van der Waals surface area contributed by atoms with Crippen LogP contribution in [0.3, 0.4) is 0 Å². The van der Waals surface area contributed by atoms with Crippen molar-refractivity contribution in [2.24, 2.45) is 0 Å². The highest BCUT2D eigenvalue weighted by Gasteiger charge is 2.19. The van der Waals surface area contributed by atoms with E-state index in [0.717, 1.165) is 33.6 Å². The van der Waals surface area contributed by atoms with Crippen LogP contribution in [0.15, 0.2) is 89.4 Å². The Labute approximate surface area is 173 Å². The van der Waals surface area contributed by atoms with Gasteiger partial charge < -0.3 is 4.74 Å². The highest BCUT2D eigenvalue weighted by molar-refractivity contribution is 8.02. The summed E-state index contributed by atoms with van der Waals surface area (Å²) in [6, 6.07) is 26.7. The number of hydrogen-bond donors (Lipinski definition) is 1.